The lowest BCUT2D eigenvalue weighted by Crippen LogP contribution is -2.35. The maximum atomic E-state index is 9.14. The average Bonchev–Trinajstić information content (AvgIpc) is 2.92. The van der Waals surface area contributed by atoms with E-state index in [4.69, 9.17) is 5.11 Å². The van der Waals surface area contributed by atoms with Crippen LogP contribution < -0.4 is 9.88 Å². The van der Waals surface area contributed by atoms with Crippen LogP contribution in [0.3, 0.4) is 0 Å². The molecule has 24 heavy (non-hydrogen) atoms. The van der Waals surface area contributed by atoms with Crippen LogP contribution in [0.1, 0.15) is 22.0 Å². The van der Waals surface area contributed by atoms with Crippen LogP contribution in [0, 0.1) is 13.8 Å². The molecule has 3 heterocycles. The van der Waals surface area contributed by atoms with Gasteiger partial charge < -0.3 is 10.4 Å². The Bertz CT molecular complexity index is 819. The highest BCUT2D eigenvalue weighted by atomic mass is 32.1. The molecule has 0 spiro atoms. The molecule has 124 valence electrons. The summed E-state index contributed by atoms with van der Waals surface area (Å²) in [5.74, 6) is 1.51. The number of hydrogen-bond donors (Lipinski definition) is 2. The minimum Gasteiger partial charge on any atom is -0.396 e. The van der Waals surface area contributed by atoms with Crippen molar-refractivity contribution in [1.29, 1.82) is 0 Å². The molecule has 0 aliphatic carbocycles. The van der Waals surface area contributed by atoms with Gasteiger partial charge >= 0.3 is 0 Å². The van der Waals surface area contributed by atoms with Gasteiger partial charge in [-0.3, -0.25) is 4.98 Å². The van der Waals surface area contributed by atoms with E-state index >= 15 is 0 Å². The van der Waals surface area contributed by atoms with Crippen LogP contribution in [0.15, 0.2) is 36.2 Å². The van der Waals surface area contributed by atoms with Crippen LogP contribution in [0.25, 0.3) is 0 Å². The van der Waals surface area contributed by atoms with Crippen LogP contribution in [0.4, 0.5) is 11.5 Å². The van der Waals surface area contributed by atoms with E-state index in [1.807, 2.05) is 25.3 Å². The molecule has 6 nitrogen and oxygen atoms in total. The minimum atomic E-state index is 0.169. The molecule has 0 saturated carbocycles. The van der Waals surface area contributed by atoms with Gasteiger partial charge in [0.15, 0.2) is 12.2 Å². The Labute approximate surface area is 144 Å². The normalized spacial score (nSPS) is 10.8. The number of thiazole rings is 1. The summed E-state index contributed by atoms with van der Waals surface area (Å²) >= 11 is 1.66. The number of hydrogen-bond acceptors (Lipinski definition) is 6. The van der Waals surface area contributed by atoms with Crippen LogP contribution in [-0.4, -0.2) is 26.7 Å². The lowest BCUT2D eigenvalue weighted by Gasteiger charge is -2.09. The van der Waals surface area contributed by atoms with Crippen LogP contribution >= 0.6 is 11.3 Å². The average molecular weight is 342 g/mol. The van der Waals surface area contributed by atoms with Gasteiger partial charge in [0, 0.05) is 32.3 Å². The molecule has 0 amide bonds. The van der Waals surface area contributed by atoms with Crippen molar-refractivity contribution in [3.8, 4) is 0 Å². The predicted octanol–water partition coefficient (Wildman–Crippen LogP) is 2.16. The van der Waals surface area contributed by atoms with Gasteiger partial charge in [0.1, 0.15) is 11.6 Å². The van der Waals surface area contributed by atoms with Crippen molar-refractivity contribution in [3.05, 3.63) is 58.2 Å². The summed E-state index contributed by atoms with van der Waals surface area (Å²) in [6, 6.07) is 3.84. The highest BCUT2D eigenvalue weighted by Crippen LogP contribution is 2.19. The molecule has 0 saturated heterocycles. The van der Waals surface area contributed by atoms with Crippen LogP contribution in [0.5, 0.6) is 0 Å². The Balaban J connectivity index is 1.88. The molecular weight excluding hydrogens is 322 g/mol. The van der Waals surface area contributed by atoms with Crippen molar-refractivity contribution in [2.45, 2.75) is 26.8 Å². The van der Waals surface area contributed by atoms with Gasteiger partial charge in [-0.25, -0.2) is 9.97 Å². The molecule has 7 heteroatoms. The first-order valence-electron chi connectivity index (χ1n) is 7.74. The van der Waals surface area contributed by atoms with Gasteiger partial charge in [-0.15, -0.1) is 0 Å². The number of aliphatic hydroxyl groups is 1. The molecule has 0 atom stereocenters. The third-order valence-corrected chi connectivity index (χ3v) is 4.89. The SMILES string of the molecule is Cc1ncc(C[n+]2csc(CCO)c2C)c(Nc2cccnc2)n1. The van der Waals surface area contributed by atoms with Gasteiger partial charge in [0.25, 0.3) is 0 Å². The smallest absolute Gasteiger partial charge is 0.225 e. The molecule has 3 aromatic heterocycles. The second-order valence-electron chi connectivity index (χ2n) is 5.49. The largest absolute Gasteiger partial charge is 0.396 e. The van der Waals surface area contributed by atoms with Gasteiger partial charge in [-0.1, -0.05) is 11.3 Å². The zero-order valence-corrected chi connectivity index (χ0v) is 14.5. The molecule has 2 N–H and O–H groups in total. The number of aryl methyl sites for hydroxylation is 1. The second-order valence-corrected chi connectivity index (χ2v) is 6.43. The molecule has 3 aromatic rings. The standard InChI is InChI=1S/C17H20N5OS/c1-12-16(5-7-23)24-11-22(12)10-14-8-19-13(2)20-17(14)21-15-4-3-6-18-9-15/h3-4,6,8-9,11,23H,5,7,10H2,1-2H3,(H,19,20,21)/q+1. The molecule has 0 fully saturated rings. The van der Waals surface area contributed by atoms with E-state index in [0.717, 1.165) is 22.9 Å². The first kappa shape index (κ1) is 16.5. The third-order valence-electron chi connectivity index (χ3n) is 3.75. The van der Waals surface area contributed by atoms with E-state index in [0.29, 0.717) is 13.0 Å². The van der Waals surface area contributed by atoms with Crippen molar-refractivity contribution >= 4 is 22.8 Å². The molecule has 0 aromatic carbocycles. The van der Waals surface area contributed by atoms with E-state index in [1.165, 1.54) is 10.6 Å². The summed E-state index contributed by atoms with van der Waals surface area (Å²) in [5.41, 5.74) is 5.14. The van der Waals surface area contributed by atoms with Crippen molar-refractivity contribution in [3.63, 3.8) is 0 Å². The summed E-state index contributed by atoms with van der Waals surface area (Å²) in [6.45, 7) is 4.80. The van der Waals surface area contributed by atoms with E-state index in [-0.39, 0.29) is 6.61 Å². The zero-order valence-electron chi connectivity index (χ0n) is 13.7. The van der Waals surface area contributed by atoms with Gasteiger partial charge in [0.2, 0.25) is 5.51 Å². The van der Waals surface area contributed by atoms with Crippen molar-refractivity contribution < 1.29 is 9.67 Å². The minimum absolute atomic E-state index is 0.169. The number of nitrogens with zero attached hydrogens (tertiary/aromatic N) is 4. The number of nitrogens with one attached hydrogen (secondary N) is 1. The van der Waals surface area contributed by atoms with Crippen LogP contribution in [0.2, 0.25) is 0 Å². The Morgan fingerprint density at radius 2 is 2.17 bits per heavy atom. The van der Waals surface area contributed by atoms with E-state index in [1.54, 1.807) is 23.7 Å². The Kier molecular flexibility index (Phi) is 5.12. The van der Waals surface area contributed by atoms with Crippen LogP contribution in [-0.2, 0) is 13.0 Å². The Hall–Kier alpha value is -2.38. The molecule has 0 bridgehead atoms. The molecule has 0 aliphatic heterocycles. The number of pyridine rings is 1. The van der Waals surface area contributed by atoms with Crippen molar-refractivity contribution in [2.75, 3.05) is 11.9 Å². The molecule has 3 rings (SSSR count). The summed E-state index contributed by atoms with van der Waals surface area (Å²) in [5, 5.41) is 12.5. The number of aromatic nitrogens is 4. The maximum absolute atomic E-state index is 9.14. The summed E-state index contributed by atoms with van der Waals surface area (Å²) in [4.78, 5) is 14.2. The van der Waals surface area contributed by atoms with E-state index in [9.17, 15) is 0 Å². The van der Waals surface area contributed by atoms with Gasteiger partial charge in [-0.2, -0.15) is 4.57 Å². The quantitative estimate of drug-likeness (QED) is 0.672. The second kappa shape index (κ2) is 7.46. The van der Waals surface area contributed by atoms with Crippen molar-refractivity contribution in [1.82, 2.24) is 15.0 Å². The summed E-state index contributed by atoms with van der Waals surface area (Å²) in [7, 11) is 0. The number of aliphatic hydroxyl groups excluding tert-OH is 1. The monoisotopic (exact) mass is 342 g/mol. The molecule has 0 aliphatic rings. The van der Waals surface area contributed by atoms with E-state index in [2.05, 4.69) is 37.3 Å². The molecule has 0 unspecified atom stereocenters. The Morgan fingerprint density at radius 1 is 1.29 bits per heavy atom. The predicted molar refractivity (Wildman–Crippen MR) is 93.4 cm³/mol. The topological polar surface area (TPSA) is 74.8 Å². The lowest BCUT2D eigenvalue weighted by atomic mass is 10.2. The maximum Gasteiger partial charge on any atom is 0.225 e. The molecular formula is C17H20N5OS+. The van der Waals surface area contributed by atoms with Gasteiger partial charge in [-0.05, 0) is 19.1 Å². The summed E-state index contributed by atoms with van der Waals surface area (Å²) < 4.78 is 2.16. The summed E-state index contributed by atoms with van der Waals surface area (Å²) in [6.07, 6.45) is 6.06. The zero-order chi connectivity index (χ0) is 16.9. The fraction of sp³-hybridized carbons (Fsp3) is 0.294. The number of anilines is 2. The third kappa shape index (κ3) is 3.74. The van der Waals surface area contributed by atoms with Gasteiger partial charge in [0.05, 0.1) is 22.3 Å². The van der Waals surface area contributed by atoms with E-state index < -0.39 is 0 Å². The van der Waals surface area contributed by atoms with Crippen molar-refractivity contribution in [2.24, 2.45) is 0 Å². The Morgan fingerprint density at radius 3 is 2.92 bits per heavy atom. The fourth-order valence-electron chi connectivity index (χ4n) is 2.42. The number of rotatable bonds is 6. The lowest BCUT2D eigenvalue weighted by molar-refractivity contribution is -0.689. The highest BCUT2D eigenvalue weighted by Gasteiger charge is 2.18. The highest BCUT2D eigenvalue weighted by molar-refractivity contribution is 7.09. The first-order valence-corrected chi connectivity index (χ1v) is 8.62. The first-order chi connectivity index (χ1) is 11.7. The fourth-order valence-corrected chi connectivity index (χ4v) is 3.41. The molecule has 0 radical (unpaired) electrons.